The summed E-state index contributed by atoms with van der Waals surface area (Å²) in [4.78, 5) is 0. The molecule has 0 amide bonds. The van der Waals surface area contributed by atoms with Gasteiger partial charge in [-0.05, 0) is 30.7 Å². The first-order valence-electron chi connectivity index (χ1n) is 5.97. The van der Waals surface area contributed by atoms with E-state index in [0.29, 0.717) is 17.4 Å². The number of hydrazine groups is 1. The van der Waals surface area contributed by atoms with Gasteiger partial charge in [-0.1, -0.05) is 19.1 Å². The average Bonchev–Trinajstić information content (AvgIpc) is 3.16. The van der Waals surface area contributed by atoms with Gasteiger partial charge < -0.3 is 4.74 Å². The number of methoxy groups -OCH3 is 1. The van der Waals surface area contributed by atoms with Gasteiger partial charge in [0.1, 0.15) is 0 Å². The average molecular weight is 238 g/mol. The van der Waals surface area contributed by atoms with Gasteiger partial charge in [0.25, 0.3) is 0 Å². The number of ether oxygens (including phenoxy) is 1. The van der Waals surface area contributed by atoms with Crippen molar-refractivity contribution in [1.82, 2.24) is 5.43 Å². The molecule has 1 aliphatic carbocycles. The lowest BCUT2D eigenvalue weighted by Crippen LogP contribution is -2.34. The van der Waals surface area contributed by atoms with Gasteiger partial charge in [-0.25, -0.2) is 4.39 Å². The van der Waals surface area contributed by atoms with Crippen molar-refractivity contribution in [2.75, 3.05) is 7.11 Å². The Labute approximate surface area is 101 Å². The first kappa shape index (κ1) is 12.3. The molecule has 94 valence electrons. The minimum absolute atomic E-state index is 0.155. The highest BCUT2D eigenvalue weighted by Crippen LogP contribution is 2.43. The Kier molecular flexibility index (Phi) is 3.64. The van der Waals surface area contributed by atoms with Crippen molar-refractivity contribution in [2.24, 2.45) is 17.7 Å². The van der Waals surface area contributed by atoms with Crippen LogP contribution in [0.25, 0.3) is 0 Å². The molecule has 0 saturated heterocycles. The van der Waals surface area contributed by atoms with E-state index in [-0.39, 0.29) is 17.6 Å². The molecule has 0 bridgehead atoms. The van der Waals surface area contributed by atoms with E-state index in [4.69, 9.17) is 10.6 Å². The second kappa shape index (κ2) is 5.02. The lowest BCUT2D eigenvalue weighted by atomic mass is 9.90. The van der Waals surface area contributed by atoms with Gasteiger partial charge in [0.2, 0.25) is 0 Å². The molecular weight excluding hydrogens is 219 g/mol. The largest absolute Gasteiger partial charge is 0.494 e. The van der Waals surface area contributed by atoms with Crippen LogP contribution >= 0.6 is 0 Å². The highest BCUT2D eigenvalue weighted by Gasteiger charge is 2.35. The molecule has 0 spiro atoms. The molecule has 2 unspecified atom stereocenters. The van der Waals surface area contributed by atoms with E-state index in [9.17, 15) is 4.39 Å². The normalized spacial score (nSPS) is 18.8. The molecular formula is C13H19FN2O. The van der Waals surface area contributed by atoms with Crippen LogP contribution in [0.1, 0.15) is 31.4 Å². The first-order valence-corrected chi connectivity index (χ1v) is 5.97. The third-order valence-electron chi connectivity index (χ3n) is 3.62. The molecule has 1 saturated carbocycles. The van der Waals surface area contributed by atoms with Crippen LogP contribution in [0.2, 0.25) is 0 Å². The van der Waals surface area contributed by atoms with Gasteiger partial charge in [-0.2, -0.15) is 0 Å². The summed E-state index contributed by atoms with van der Waals surface area (Å²) < 4.78 is 19.1. The van der Waals surface area contributed by atoms with Crippen LogP contribution in [0.4, 0.5) is 4.39 Å². The van der Waals surface area contributed by atoms with Gasteiger partial charge in [0.05, 0.1) is 13.2 Å². The fourth-order valence-corrected chi connectivity index (χ4v) is 2.34. The molecule has 1 aliphatic rings. The van der Waals surface area contributed by atoms with E-state index in [0.717, 1.165) is 0 Å². The summed E-state index contributed by atoms with van der Waals surface area (Å²) in [5.74, 6) is 6.52. The van der Waals surface area contributed by atoms with Crippen LogP contribution in [0.15, 0.2) is 18.2 Å². The van der Waals surface area contributed by atoms with Crippen molar-refractivity contribution >= 4 is 0 Å². The van der Waals surface area contributed by atoms with Crippen molar-refractivity contribution in [3.05, 3.63) is 29.6 Å². The molecule has 17 heavy (non-hydrogen) atoms. The van der Waals surface area contributed by atoms with E-state index in [2.05, 4.69) is 12.3 Å². The van der Waals surface area contributed by atoms with Crippen molar-refractivity contribution in [1.29, 1.82) is 0 Å². The van der Waals surface area contributed by atoms with Crippen LogP contribution in [0.3, 0.4) is 0 Å². The Bertz CT molecular complexity index is 393. The second-order valence-electron chi connectivity index (χ2n) is 4.70. The van der Waals surface area contributed by atoms with Gasteiger partial charge in [-0.15, -0.1) is 0 Å². The molecule has 0 heterocycles. The number of halogens is 1. The van der Waals surface area contributed by atoms with Gasteiger partial charge >= 0.3 is 0 Å². The smallest absolute Gasteiger partial charge is 0.169 e. The Morgan fingerprint density at radius 2 is 2.18 bits per heavy atom. The predicted octanol–water partition coefficient (Wildman–Crippen LogP) is 2.38. The van der Waals surface area contributed by atoms with Gasteiger partial charge in [-0.3, -0.25) is 11.3 Å². The molecule has 0 radical (unpaired) electrons. The Hall–Kier alpha value is -1.13. The van der Waals surface area contributed by atoms with E-state index in [1.54, 1.807) is 18.2 Å². The van der Waals surface area contributed by atoms with Crippen molar-refractivity contribution < 1.29 is 9.13 Å². The summed E-state index contributed by atoms with van der Waals surface area (Å²) in [7, 11) is 1.47. The fraction of sp³-hybridized carbons (Fsp3) is 0.538. The Morgan fingerprint density at radius 3 is 2.71 bits per heavy atom. The number of hydrogen-bond acceptors (Lipinski definition) is 3. The van der Waals surface area contributed by atoms with Gasteiger partial charge in [0.15, 0.2) is 11.6 Å². The zero-order valence-electron chi connectivity index (χ0n) is 10.2. The first-order chi connectivity index (χ1) is 8.19. The molecule has 3 nitrogen and oxygen atoms in total. The standard InChI is InChI=1S/C13H19FN2O/c1-8(9-6-7-9)13(16-15)10-4-3-5-11(17-2)12(10)14/h3-5,8-9,13,16H,6-7,15H2,1-2H3. The van der Waals surface area contributed by atoms with Crippen LogP contribution in [0, 0.1) is 17.7 Å². The molecule has 1 fully saturated rings. The van der Waals surface area contributed by atoms with Crippen molar-refractivity contribution in [3.8, 4) is 5.75 Å². The third-order valence-corrected chi connectivity index (χ3v) is 3.62. The van der Waals surface area contributed by atoms with E-state index in [1.807, 2.05) is 0 Å². The van der Waals surface area contributed by atoms with Crippen molar-refractivity contribution in [3.63, 3.8) is 0 Å². The fourth-order valence-electron chi connectivity index (χ4n) is 2.34. The zero-order chi connectivity index (χ0) is 12.4. The third kappa shape index (κ3) is 2.42. The minimum atomic E-state index is -0.314. The summed E-state index contributed by atoms with van der Waals surface area (Å²) in [6.07, 6.45) is 2.43. The maximum Gasteiger partial charge on any atom is 0.169 e. The summed E-state index contributed by atoms with van der Waals surface area (Å²) >= 11 is 0. The number of nitrogens with one attached hydrogen (secondary N) is 1. The summed E-state index contributed by atoms with van der Waals surface area (Å²) in [6.45, 7) is 2.11. The quantitative estimate of drug-likeness (QED) is 0.611. The highest BCUT2D eigenvalue weighted by molar-refractivity contribution is 5.33. The Morgan fingerprint density at radius 1 is 1.47 bits per heavy atom. The van der Waals surface area contributed by atoms with Crippen LogP contribution in [-0.2, 0) is 0 Å². The maximum atomic E-state index is 14.1. The van der Waals surface area contributed by atoms with Gasteiger partial charge in [0, 0.05) is 5.56 Å². The monoisotopic (exact) mass is 238 g/mol. The Balaban J connectivity index is 2.29. The van der Waals surface area contributed by atoms with Crippen LogP contribution < -0.4 is 16.0 Å². The zero-order valence-corrected chi connectivity index (χ0v) is 10.2. The molecule has 4 heteroatoms. The topological polar surface area (TPSA) is 47.3 Å². The lowest BCUT2D eigenvalue weighted by Gasteiger charge is -2.24. The molecule has 1 aromatic carbocycles. The van der Waals surface area contributed by atoms with Crippen LogP contribution in [-0.4, -0.2) is 7.11 Å². The van der Waals surface area contributed by atoms with Crippen LogP contribution in [0.5, 0.6) is 5.75 Å². The number of benzene rings is 1. The van der Waals surface area contributed by atoms with E-state index < -0.39 is 0 Å². The molecule has 2 rings (SSSR count). The second-order valence-corrected chi connectivity index (χ2v) is 4.70. The minimum Gasteiger partial charge on any atom is -0.494 e. The number of nitrogens with two attached hydrogens (primary N) is 1. The maximum absolute atomic E-state index is 14.1. The highest BCUT2D eigenvalue weighted by atomic mass is 19.1. The SMILES string of the molecule is COc1cccc(C(NN)C(C)C2CC2)c1F. The molecule has 1 aromatic rings. The van der Waals surface area contributed by atoms with Crippen molar-refractivity contribution in [2.45, 2.75) is 25.8 Å². The molecule has 3 N–H and O–H groups in total. The summed E-state index contributed by atoms with van der Waals surface area (Å²) in [6, 6.07) is 5.02. The predicted molar refractivity (Wildman–Crippen MR) is 64.9 cm³/mol. The number of rotatable bonds is 5. The molecule has 0 aliphatic heterocycles. The number of hydrogen-bond donors (Lipinski definition) is 2. The summed E-state index contributed by atoms with van der Waals surface area (Å²) in [5, 5.41) is 0. The van der Waals surface area contributed by atoms with E-state index >= 15 is 0 Å². The summed E-state index contributed by atoms with van der Waals surface area (Å²) in [5.41, 5.74) is 3.33. The van der Waals surface area contributed by atoms with E-state index in [1.165, 1.54) is 20.0 Å². The lowest BCUT2D eigenvalue weighted by molar-refractivity contribution is 0.333. The molecule has 2 atom stereocenters. The molecule has 0 aromatic heterocycles.